The third kappa shape index (κ3) is 7.33. The number of nitrogen functional groups attached to an aromatic ring is 1. The largest absolute Gasteiger partial charge is 0.494 e. The molecule has 1 aliphatic rings. The molecule has 1 saturated carbocycles. The van der Waals surface area contributed by atoms with Crippen molar-refractivity contribution in [2.75, 3.05) is 17.7 Å². The Morgan fingerprint density at radius 1 is 1.38 bits per heavy atom. The van der Waals surface area contributed by atoms with Crippen LogP contribution in [0, 0.1) is 5.82 Å². The van der Waals surface area contributed by atoms with Crippen LogP contribution in [-0.2, 0) is 4.74 Å². The van der Waals surface area contributed by atoms with Gasteiger partial charge in [-0.05, 0) is 74.8 Å². The Morgan fingerprint density at radius 3 is 2.81 bits per heavy atom. The van der Waals surface area contributed by atoms with E-state index >= 15 is 0 Å². The number of pyridine rings is 2. The highest BCUT2D eigenvalue weighted by molar-refractivity contribution is 6.06. The maximum atomic E-state index is 14.8. The summed E-state index contributed by atoms with van der Waals surface area (Å²) in [5.74, 6) is -1.07. The highest BCUT2D eigenvalue weighted by Gasteiger charge is 2.29. The third-order valence-electron chi connectivity index (χ3n) is 6.22. The van der Waals surface area contributed by atoms with Gasteiger partial charge in [0, 0.05) is 18.3 Å². The van der Waals surface area contributed by atoms with Crippen molar-refractivity contribution >= 4 is 22.9 Å². The molecule has 1 unspecified atom stereocenters. The molecule has 10 heteroatoms. The van der Waals surface area contributed by atoms with E-state index in [1.54, 1.807) is 19.2 Å². The van der Waals surface area contributed by atoms with Crippen molar-refractivity contribution in [1.82, 2.24) is 9.97 Å². The number of hydrogen-bond acceptors (Lipinski definition) is 7. The smallest absolute Gasteiger partial charge is 0.276 e. The van der Waals surface area contributed by atoms with Gasteiger partial charge in [-0.3, -0.25) is 9.78 Å². The molecule has 1 fully saturated rings. The topological polar surface area (TPSA) is 136 Å². The zero-order valence-corrected chi connectivity index (χ0v) is 21.4. The van der Waals surface area contributed by atoms with Gasteiger partial charge in [0.15, 0.2) is 11.5 Å². The van der Waals surface area contributed by atoms with Crippen LogP contribution in [0.15, 0.2) is 42.4 Å². The number of aliphatic hydroxyl groups is 1. The lowest BCUT2D eigenvalue weighted by molar-refractivity contribution is 0.0998. The number of carbonyl (C=O) groups excluding carboxylic acids is 1. The second kappa shape index (κ2) is 12.7. The number of nitrogens with two attached hydrogens (primary N) is 2. The maximum Gasteiger partial charge on any atom is 0.276 e. The van der Waals surface area contributed by atoms with Crippen LogP contribution in [0.3, 0.4) is 0 Å². The van der Waals surface area contributed by atoms with Crippen molar-refractivity contribution in [3.8, 4) is 0 Å². The van der Waals surface area contributed by atoms with E-state index in [4.69, 9.17) is 16.2 Å². The molecule has 0 aromatic carbocycles. The van der Waals surface area contributed by atoms with Crippen LogP contribution in [0.5, 0.6) is 0 Å². The van der Waals surface area contributed by atoms with Crippen molar-refractivity contribution in [2.24, 2.45) is 5.73 Å². The number of amides is 1. The van der Waals surface area contributed by atoms with E-state index < -0.39 is 24.0 Å². The first kappa shape index (κ1) is 28.2. The fourth-order valence-corrected chi connectivity index (χ4v) is 4.35. The lowest BCUT2D eigenvalue weighted by Gasteiger charge is -2.32. The Kier molecular flexibility index (Phi) is 9.71. The Labute approximate surface area is 215 Å². The van der Waals surface area contributed by atoms with E-state index in [0.29, 0.717) is 43.6 Å². The first-order valence-electron chi connectivity index (χ1n) is 12.4. The van der Waals surface area contributed by atoms with Crippen LogP contribution in [-0.4, -0.2) is 45.9 Å². The molecular weight excluding hydrogens is 480 g/mol. The summed E-state index contributed by atoms with van der Waals surface area (Å²) in [6, 6.07) is 2.48. The summed E-state index contributed by atoms with van der Waals surface area (Å²) in [6.45, 7) is 5.23. The Hall–Kier alpha value is -3.37. The number of aromatic nitrogens is 2. The number of ether oxygens (including phenoxy) is 1. The van der Waals surface area contributed by atoms with Gasteiger partial charge in [-0.2, -0.15) is 0 Å². The summed E-state index contributed by atoms with van der Waals surface area (Å²) in [4.78, 5) is 21.5. The van der Waals surface area contributed by atoms with E-state index in [0.717, 1.165) is 11.6 Å². The van der Waals surface area contributed by atoms with Crippen molar-refractivity contribution < 1.29 is 23.4 Å². The number of allylic oxidation sites excluding steroid dienone is 3. The second-order valence-corrected chi connectivity index (χ2v) is 9.34. The quantitative estimate of drug-likeness (QED) is 0.286. The average Bonchev–Trinajstić information content (AvgIpc) is 2.84. The van der Waals surface area contributed by atoms with E-state index in [-0.39, 0.29) is 34.8 Å². The number of rotatable bonds is 9. The van der Waals surface area contributed by atoms with Gasteiger partial charge in [0.1, 0.15) is 17.6 Å². The maximum absolute atomic E-state index is 14.8. The fourth-order valence-electron chi connectivity index (χ4n) is 4.35. The fraction of sp³-hybridized carbons (Fsp3) is 0.444. The minimum Gasteiger partial charge on any atom is -0.494 e. The number of anilines is 2. The summed E-state index contributed by atoms with van der Waals surface area (Å²) in [5.41, 5.74) is 13.3. The summed E-state index contributed by atoms with van der Waals surface area (Å²) >= 11 is 0. The first-order chi connectivity index (χ1) is 17.6. The second-order valence-electron chi connectivity index (χ2n) is 9.34. The summed E-state index contributed by atoms with van der Waals surface area (Å²) < 4.78 is 34.0. The minimum absolute atomic E-state index is 0.0298. The van der Waals surface area contributed by atoms with Gasteiger partial charge in [0.25, 0.3) is 5.91 Å². The van der Waals surface area contributed by atoms with Crippen LogP contribution in [0.25, 0.3) is 5.57 Å². The number of carbonyl (C=O) groups is 1. The van der Waals surface area contributed by atoms with Gasteiger partial charge < -0.3 is 26.6 Å². The highest BCUT2D eigenvalue weighted by atomic mass is 19.1. The highest BCUT2D eigenvalue weighted by Crippen LogP contribution is 2.36. The molecule has 200 valence electrons. The van der Waals surface area contributed by atoms with E-state index in [1.165, 1.54) is 25.3 Å². The zero-order valence-electron chi connectivity index (χ0n) is 21.4. The Balaban J connectivity index is 1.89. The molecule has 0 radical (unpaired) electrons. The van der Waals surface area contributed by atoms with Gasteiger partial charge in [-0.15, -0.1) is 0 Å². The van der Waals surface area contributed by atoms with Crippen LogP contribution >= 0.6 is 0 Å². The van der Waals surface area contributed by atoms with Gasteiger partial charge in [0.05, 0.1) is 30.3 Å². The molecule has 8 nitrogen and oxygen atoms in total. The predicted molar refractivity (Wildman–Crippen MR) is 140 cm³/mol. The van der Waals surface area contributed by atoms with E-state index in [2.05, 4.69) is 15.3 Å². The molecule has 0 spiro atoms. The van der Waals surface area contributed by atoms with Crippen molar-refractivity contribution in [3.05, 3.63) is 65.2 Å². The predicted octanol–water partition coefficient (Wildman–Crippen LogP) is 4.48. The molecule has 2 aromatic heterocycles. The molecule has 1 aliphatic carbocycles. The standard InChI is InChI=1S/C27H35F2N5O3/c1-4-9-37-18(11-16(3)28)10-15(2)25-20(29)13-22(31)26(34-25)27(36)33-23-14-32-8-7-19(23)17-5-6-24(35)21(30)12-17/h7-8,10-11,13-14,16-17,21,24,35H,4-6,9,12,30-31H2,1-3H3,(H,33,36)/b15-10+,18-11+/t16?,17-,21-,24+/m1/s1. The number of nitrogens with zero attached hydrogens (tertiary/aromatic N) is 2. The molecule has 2 aromatic rings. The molecule has 4 atom stereocenters. The third-order valence-corrected chi connectivity index (χ3v) is 6.22. The summed E-state index contributed by atoms with van der Waals surface area (Å²) in [6.07, 6.45) is 6.64. The Bertz CT molecular complexity index is 1170. The normalized spacial score (nSPS) is 21.4. The SMILES string of the molecule is CCCOC(=C/C(C)F)/C=C(\C)c1nc(C(=O)Nc2cnccc2[C@@H]2CC[C@H](O)[C@H](N)C2)c(N)cc1F. The van der Waals surface area contributed by atoms with Crippen molar-refractivity contribution in [3.63, 3.8) is 0 Å². The summed E-state index contributed by atoms with van der Waals surface area (Å²) in [7, 11) is 0. The number of hydrogen-bond donors (Lipinski definition) is 4. The molecule has 2 heterocycles. The number of nitrogens with one attached hydrogen (secondary N) is 1. The number of aliphatic hydroxyl groups excluding tert-OH is 1. The minimum atomic E-state index is -1.27. The van der Waals surface area contributed by atoms with Crippen molar-refractivity contribution in [2.45, 2.75) is 70.7 Å². The number of alkyl halides is 1. The lowest BCUT2D eigenvalue weighted by atomic mass is 9.80. The van der Waals surface area contributed by atoms with Gasteiger partial charge >= 0.3 is 0 Å². The molecule has 3 rings (SSSR count). The van der Waals surface area contributed by atoms with Gasteiger partial charge in [-0.1, -0.05) is 6.92 Å². The molecule has 37 heavy (non-hydrogen) atoms. The van der Waals surface area contributed by atoms with Crippen LogP contribution in [0.1, 0.15) is 74.1 Å². The zero-order chi connectivity index (χ0) is 27.1. The molecule has 1 amide bonds. The molecule has 0 bridgehead atoms. The van der Waals surface area contributed by atoms with Crippen LogP contribution < -0.4 is 16.8 Å². The first-order valence-corrected chi connectivity index (χ1v) is 12.4. The van der Waals surface area contributed by atoms with Crippen LogP contribution in [0.2, 0.25) is 0 Å². The van der Waals surface area contributed by atoms with E-state index in [9.17, 15) is 18.7 Å². The lowest BCUT2D eigenvalue weighted by Crippen LogP contribution is -2.39. The Morgan fingerprint density at radius 2 is 2.14 bits per heavy atom. The number of halogens is 2. The molecule has 0 saturated heterocycles. The van der Waals surface area contributed by atoms with E-state index in [1.807, 2.05) is 6.92 Å². The average molecular weight is 516 g/mol. The molecule has 0 aliphatic heterocycles. The van der Waals surface area contributed by atoms with Crippen LogP contribution in [0.4, 0.5) is 20.2 Å². The monoisotopic (exact) mass is 515 g/mol. The summed E-state index contributed by atoms with van der Waals surface area (Å²) in [5, 5.41) is 12.8. The van der Waals surface area contributed by atoms with Crippen molar-refractivity contribution in [1.29, 1.82) is 0 Å². The molecule has 6 N–H and O–H groups in total. The van der Waals surface area contributed by atoms with Gasteiger partial charge in [-0.25, -0.2) is 13.8 Å². The molecular formula is C27H35F2N5O3. The van der Waals surface area contributed by atoms with Gasteiger partial charge in [0.2, 0.25) is 0 Å².